The Morgan fingerprint density at radius 3 is 2.91 bits per heavy atom. The highest BCUT2D eigenvalue weighted by molar-refractivity contribution is 8.03. The molecule has 2 aromatic rings. The van der Waals surface area contributed by atoms with Crippen molar-refractivity contribution in [1.82, 2.24) is 5.32 Å². The maximum atomic E-state index is 13.0. The minimum atomic E-state index is -0.528. The van der Waals surface area contributed by atoms with E-state index in [9.17, 15) is 14.9 Å². The Bertz CT molecular complexity index is 1340. The van der Waals surface area contributed by atoms with E-state index in [0.29, 0.717) is 51.2 Å². The molecule has 2 N–H and O–H groups in total. The summed E-state index contributed by atoms with van der Waals surface area (Å²) in [5, 5.41) is 17.5. The number of fused-ring (bicyclic) bond motifs is 1. The van der Waals surface area contributed by atoms with E-state index in [-0.39, 0.29) is 24.2 Å². The first-order valence-electron chi connectivity index (χ1n) is 11.2. The molecule has 1 amide bonds. The van der Waals surface area contributed by atoms with E-state index >= 15 is 0 Å². The number of hydrogen-bond donors (Lipinski definition) is 2. The maximum Gasteiger partial charge on any atom is 0.234 e. The van der Waals surface area contributed by atoms with Crippen molar-refractivity contribution >= 4 is 40.7 Å². The summed E-state index contributed by atoms with van der Waals surface area (Å²) in [6.45, 7) is 1.98. The van der Waals surface area contributed by atoms with E-state index in [1.807, 2.05) is 19.1 Å². The second-order valence-corrected chi connectivity index (χ2v) is 9.84. The van der Waals surface area contributed by atoms with E-state index in [0.717, 1.165) is 23.2 Å². The first kappa shape index (κ1) is 23.3. The van der Waals surface area contributed by atoms with Crippen molar-refractivity contribution in [1.29, 1.82) is 5.26 Å². The van der Waals surface area contributed by atoms with Gasteiger partial charge in [0.1, 0.15) is 0 Å². The van der Waals surface area contributed by atoms with Crippen LogP contribution in [0.2, 0.25) is 5.02 Å². The first-order valence-corrected chi connectivity index (χ1v) is 12.6. The molecule has 35 heavy (non-hydrogen) atoms. The molecule has 0 aromatic heterocycles. The fourth-order valence-corrected chi connectivity index (χ4v) is 5.57. The van der Waals surface area contributed by atoms with Crippen LogP contribution in [-0.2, 0) is 9.59 Å². The zero-order chi connectivity index (χ0) is 24.5. The van der Waals surface area contributed by atoms with Gasteiger partial charge in [0.05, 0.1) is 28.3 Å². The number of dihydropyridines is 1. The molecule has 1 aliphatic carbocycles. The van der Waals surface area contributed by atoms with Gasteiger partial charge in [-0.25, -0.2) is 0 Å². The number of benzene rings is 2. The van der Waals surface area contributed by atoms with Gasteiger partial charge >= 0.3 is 0 Å². The molecule has 7 nitrogen and oxygen atoms in total. The molecule has 0 saturated heterocycles. The molecule has 0 fully saturated rings. The Morgan fingerprint density at radius 1 is 1.26 bits per heavy atom. The van der Waals surface area contributed by atoms with Gasteiger partial charge in [-0.2, -0.15) is 5.26 Å². The number of nitrogens with one attached hydrogen (secondary N) is 2. The minimum absolute atomic E-state index is 0.0346. The maximum absolute atomic E-state index is 13.0. The number of anilines is 1. The Morgan fingerprint density at radius 2 is 2.09 bits per heavy atom. The molecule has 0 spiro atoms. The van der Waals surface area contributed by atoms with Gasteiger partial charge in [0, 0.05) is 28.4 Å². The third kappa shape index (κ3) is 4.49. The lowest BCUT2D eigenvalue weighted by atomic mass is 9.77. The average Bonchev–Trinajstić information content (AvgIpc) is 3.33. The number of ketones is 1. The van der Waals surface area contributed by atoms with Gasteiger partial charge < -0.3 is 20.1 Å². The van der Waals surface area contributed by atoms with Gasteiger partial charge in [-0.1, -0.05) is 35.5 Å². The van der Waals surface area contributed by atoms with Crippen molar-refractivity contribution in [3.8, 4) is 17.6 Å². The molecule has 178 valence electrons. The van der Waals surface area contributed by atoms with Crippen LogP contribution in [0.5, 0.6) is 11.5 Å². The average molecular weight is 508 g/mol. The van der Waals surface area contributed by atoms with Crippen molar-refractivity contribution in [2.75, 3.05) is 17.9 Å². The summed E-state index contributed by atoms with van der Waals surface area (Å²) < 4.78 is 11.0. The number of carbonyl (C=O) groups is 2. The molecule has 0 radical (unpaired) electrons. The number of ether oxygens (including phenoxy) is 2. The first-order chi connectivity index (χ1) is 17.0. The zero-order valence-corrected chi connectivity index (χ0v) is 20.5. The molecule has 1 atom stereocenters. The molecule has 2 heterocycles. The van der Waals surface area contributed by atoms with Crippen LogP contribution < -0.4 is 20.1 Å². The standard InChI is InChI=1S/C26H22ClN3O4S/c1-14-17(27)4-2-5-18(14)29-23(32)12-35-26-16(11-28)24(25-19(30-26)6-3-7-20(25)31)15-8-9-21-22(10-15)34-13-33-21/h2,4-5,8-10,24,30H,3,6-7,12-13H2,1H3,(H,29,32). The topological polar surface area (TPSA) is 100 Å². The highest BCUT2D eigenvalue weighted by Crippen LogP contribution is 2.46. The monoisotopic (exact) mass is 507 g/mol. The van der Waals surface area contributed by atoms with Gasteiger partial charge in [0.2, 0.25) is 12.7 Å². The zero-order valence-electron chi connectivity index (χ0n) is 18.9. The Kier molecular flexibility index (Phi) is 6.46. The predicted octanol–water partition coefficient (Wildman–Crippen LogP) is 5.18. The SMILES string of the molecule is Cc1c(Cl)cccc1NC(=O)CSC1=C(C#N)C(c2ccc3c(c2)OCO3)C2=C(CCCC2=O)N1. The van der Waals surface area contributed by atoms with Crippen LogP contribution >= 0.6 is 23.4 Å². The summed E-state index contributed by atoms with van der Waals surface area (Å²) in [7, 11) is 0. The number of Topliss-reactive ketones (excluding diaryl/α,β-unsaturated/α-hetero) is 1. The highest BCUT2D eigenvalue weighted by Gasteiger charge is 2.37. The largest absolute Gasteiger partial charge is 0.454 e. The van der Waals surface area contributed by atoms with E-state index in [1.165, 1.54) is 11.8 Å². The smallest absolute Gasteiger partial charge is 0.234 e. The summed E-state index contributed by atoms with van der Waals surface area (Å²) in [4.78, 5) is 25.7. The molecule has 3 aliphatic rings. The quantitative estimate of drug-likeness (QED) is 0.575. The molecule has 0 saturated carbocycles. The summed E-state index contributed by atoms with van der Waals surface area (Å²) >= 11 is 7.41. The van der Waals surface area contributed by atoms with Crippen LogP contribution in [0.1, 0.15) is 36.3 Å². The summed E-state index contributed by atoms with van der Waals surface area (Å²) in [5.41, 5.74) is 4.07. The number of carbonyl (C=O) groups excluding carboxylic acids is 2. The van der Waals surface area contributed by atoms with Crippen LogP contribution in [0.15, 0.2) is 58.3 Å². The number of amides is 1. The lowest BCUT2D eigenvalue weighted by molar-refractivity contribution is -0.116. The van der Waals surface area contributed by atoms with Gasteiger partial charge in [0.15, 0.2) is 17.3 Å². The minimum Gasteiger partial charge on any atom is -0.454 e. The van der Waals surface area contributed by atoms with Crippen molar-refractivity contribution in [2.45, 2.75) is 32.1 Å². The fourth-order valence-electron chi connectivity index (χ4n) is 4.53. The number of thioether (sulfide) groups is 1. The number of halogens is 1. The van der Waals surface area contributed by atoms with Crippen LogP contribution in [0.4, 0.5) is 5.69 Å². The molecule has 9 heteroatoms. The molecular formula is C26H22ClN3O4S. The number of nitrogens with zero attached hydrogens (tertiary/aromatic N) is 1. The fraction of sp³-hybridized carbons (Fsp3) is 0.269. The van der Waals surface area contributed by atoms with Crippen molar-refractivity contribution in [3.63, 3.8) is 0 Å². The predicted molar refractivity (Wildman–Crippen MR) is 134 cm³/mol. The third-order valence-corrected chi connectivity index (χ3v) is 7.71. The number of rotatable bonds is 5. The second kappa shape index (κ2) is 9.68. The van der Waals surface area contributed by atoms with Crippen molar-refractivity contribution in [2.24, 2.45) is 0 Å². The van der Waals surface area contributed by atoms with Gasteiger partial charge in [-0.15, -0.1) is 0 Å². The Labute approximate surface area is 212 Å². The third-order valence-electron chi connectivity index (χ3n) is 6.28. The number of allylic oxidation sites excluding steroid dienone is 3. The number of nitriles is 1. The molecule has 2 aliphatic heterocycles. The molecule has 0 bridgehead atoms. The second-order valence-electron chi connectivity index (χ2n) is 8.44. The summed E-state index contributed by atoms with van der Waals surface area (Å²) in [5.74, 6) is 0.605. The van der Waals surface area contributed by atoms with E-state index in [1.54, 1.807) is 24.3 Å². The van der Waals surface area contributed by atoms with Crippen LogP contribution in [-0.4, -0.2) is 24.2 Å². The normalized spacial score (nSPS) is 18.7. The number of hydrogen-bond acceptors (Lipinski definition) is 7. The van der Waals surface area contributed by atoms with Crippen LogP contribution in [0.25, 0.3) is 0 Å². The molecule has 5 rings (SSSR count). The van der Waals surface area contributed by atoms with E-state index in [2.05, 4.69) is 16.7 Å². The molecular weight excluding hydrogens is 486 g/mol. The van der Waals surface area contributed by atoms with Crippen LogP contribution in [0.3, 0.4) is 0 Å². The van der Waals surface area contributed by atoms with Crippen LogP contribution in [0, 0.1) is 18.3 Å². The summed E-state index contributed by atoms with van der Waals surface area (Å²) in [6, 6.07) is 13.1. The molecule has 1 unspecified atom stereocenters. The molecule has 2 aromatic carbocycles. The lowest BCUT2D eigenvalue weighted by Crippen LogP contribution is -2.31. The lowest BCUT2D eigenvalue weighted by Gasteiger charge is -2.33. The van der Waals surface area contributed by atoms with E-state index < -0.39 is 5.92 Å². The Balaban J connectivity index is 1.44. The van der Waals surface area contributed by atoms with Gasteiger partial charge in [-0.05, 0) is 55.2 Å². The van der Waals surface area contributed by atoms with Crippen molar-refractivity contribution in [3.05, 3.63) is 74.4 Å². The van der Waals surface area contributed by atoms with Gasteiger partial charge in [0.25, 0.3) is 0 Å². The summed E-state index contributed by atoms with van der Waals surface area (Å²) in [6.07, 6.45) is 1.90. The van der Waals surface area contributed by atoms with E-state index in [4.69, 9.17) is 21.1 Å². The Hall–Kier alpha value is -3.41. The van der Waals surface area contributed by atoms with Crippen molar-refractivity contribution < 1.29 is 19.1 Å². The van der Waals surface area contributed by atoms with Gasteiger partial charge in [-0.3, -0.25) is 9.59 Å². The highest BCUT2D eigenvalue weighted by atomic mass is 35.5.